The molecule has 72 valence electrons. The molecule has 5 nitrogen and oxygen atoms in total. The van der Waals surface area contributed by atoms with Crippen LogP contribution in [0.1, 0.15) is 19.3 Å². The van der Waals surface area contributed by atoms with Crippen molar-refractivity contribution in [3.05, 3.63) is 0 Å². The highest BCUT2D eigenvalue weighted by Gasteiger charge is 2.40. The van der Waals surface area contributed by atoms with Crippen molar-refractivity contribution < 1.29 is 15.1 Å². The highest BCUT2D eigenvalue weighted by Crippen LogP contribution is 2.33. The van der Waals surface area contributed by atoms with Crippen LogP contribution in [-0.2, 0) is 0 Å². The van der Waals surface area contributed by atoms with Gasteiger partial charge in [-0.1, -0.05) is 5.16 Å². The third-order valence-electron chi connectivity index (χ3n) is 2.88. The van der Waals surface area contributed by atoms with Crippen molar-refractivity contribution in [2.75, 3.05) is 6.54 Å². The van der Waals surface area contributed by atoms with Crippen molar-refractivity contribution >= 4 is 11.8 Å². The number of likely N-dealkylation sites (tertiary alicyclic amines) is 1. The topological polar surface area (TPSA) is 73.1 Å². The molecule has 0 aromatic heterocycles. The lowest BCUT2D eigenvalue weighted by Gasteiger charge is -2.21. The molecule has 2 rings (SSSR count). The molecule has 2 aliphatic rings. The molecular weight excluding hydrogens is 172 g/mol. The number of carboxylic acid groups (broad SMARTS) is 1. The van der Waals surface area contributed by atoms with E-state index in [2.05, 4.69) is 5.16 Å². The average Bonchev–Trinajstić information content (AvgIpc) is 2.41. The number of hydrogen-bond acceptors (Lipinski definition) is 3. The van der Waals surface area contributed by atoms with E-state index >= 15 is 0 Å². The highest BCUT2D eigenvalue weighted by atomic mass is 16.4. The maximum Gasteiger partial charge on any atom is 0.407 e. The second-order valence-electron chi connectivity index (χ2n) is 3.76. The van der Waals surface area contributed by atoms with E-state index in [0.717, 1.165) is 18.6 Å². The van der Waals surface area contributed by atoms with Crippen molar-refractivity contribution in [1.29, 1.82) is 0 Å². The summed E-state index contributed by atoms with van der Waals surface area (Å²) in [4.78, 5) is 12.2. The zero-order valence-corrected chi connectivity index (χ0v) is 7.18. The number of carbonyl (C=O) groups is 1. The van der Waals surface area contributed by atoms with Gasteiger partial charge in [0.1, 0.15) is 0 Å². The predicted molar refractivity (Wildman–Crippen MR) is 45.1 cm³/mol. The lowest BCUT2D eigenvalue weighted by molar-refractivity contribution is 0.141. The van der Waals surface area contributed by atoms with Gasteiger partial charge in [-0.25, -0.2) is 4.79 Å². The first-order valence-electron chi connectivity index (χ1n) is 4.40. The van der Waals surface area contributed by atoms with E-state index in [4.69, 9.17) is 10.3 Å². The molecule has 0 radical (unpaired) electrons. The van der Waals surface area contributed by atoms with Gasteiger partial charge in [0.2, 0.25) is 0 Å². The summed E-state index contributed by atoms with van der Waals surface area (Å²) in [7, 11) is 0. The number of amides is 1. The quantitative estimate of drug-likeness (QED) is 0.435. The first kappa shape index (κ1) is 8.34. The van der Waals surface area contributed by atoms with Gasteiger partial charge in [0, 0.05) is 19.0 Å². The molecule has 1 heterocycles. The van der Waals surface area contributed by atoms with Crippen LogP contribution in [0.25, 0.3) is 0 Å². The third kappa shape index (κ3) is 1.34. The minimum atomic E-state index is -0.855. The first-order valence-corrected chi connectivity index (χ1v) is 4.40. The summed E-state index contributed by atoms with van der Waals surface area (Å²) < 4.78 is 0. The smallest absolute Gasteiger partial charge is 0.407 e. The van der Waals surface area contributed by atoms with E-state index in [1.54, 1.807) is 0 Å². The molecule has 2 bridgehead atoms. The third-order valence-corrected chi connectivity index (χ3v) is 2.88. The summed E-state index contributed by atoms with van der Waals surface area (Å²) in [5, 5.41) is 20.6. The normalized spacial score (nSPS) is 35.4. The molecule has 2 N–H and O–H groups in total. The molecule has 0 aromatic carbocycles. The lowest BCUT2D eigenvalue weighted by atomic mass is 9.89. The summed E-state index contributed by atoms with van der Waals surface area (Å²) in [6, 6.07) is 0.0437. The maximum atomic E-state index is 10.8. The number of rotatable bonds is 0. The van der Waals surface area contributed by atoms with E-state index < -0.39 is 6.09 Å². The molecule has 1 aliphatic heterocycles. The minimum Gasteiger partial charge on any atom is -0.465 e. The molecule has 0 aromatic rings. The summed E-state index contributed by atoms with van der Waals surface area (Å²) in [5.41, 5.74) is 0.741. The van der Waals surface area contributed by atoms with Crippen LogP contribution < -0.4 is 0 Å². The van der Waals surface area contributed by atoms with Crippen molar-refractivity contribution in [2.45, 2.75) is 25.3 Å². The fraction of sp³-hybridized carbons (Fsp3) is 0.750. The van der Waals surface area contributed by atoms with Gasteiger partial charge in [-0.15, -0.1) is 0 Å². The molecular formula is C8H12N2O3. The molecule has 1 aliphatic carbocycles. The fourth-order valence-corrected chi connectivity index (χ4v) is 2.36. The van der Waals surface area contributed by atoms with Crippen molar-refractivity contribution in [3.8, 4) is 0 Å². The van der Waals surface area contributed by atoms with Crippen molar-refractivity contribution in [3.63, 3.8) is 0 Å². The Morgan fingerprint density at radius 1 is 1.54 bits per heavy atom. The van der Waals surface area contributed by atoms with Gasteiger partial charge in [-0.2, -0.15) is 0 Å². The average molecular weight is 184 g/mol. The molecule has 1 amide bonds. The van der Waals surface area contributed by atoms with E-state index in [1.807, 2.05) is 0 Å². The van der Waals surface area contributed by atoms with Gasteiger partial charge in [0.25, 0.3) is 0 Å². The highest BCUT2D eigenvalue weighted by molar-refractivity contribution is 5.86. The van der Waals surface area contributed by atoms with Gasteiger partial charge in [0.15, 0.2) is 0 Å². The Hall–Kier alpha value is -1.26. The Morgan fingerprint density at radius 2 is 2.31 bits per heavy atom. The van der Waals surface area contributed by atoms with Gasteiger partial charge < -0.3 is 15.2 Å². The van der Waals surface area contributed by atoms with Gasteiger partial charge in [0.05, 0.1) is 5.71 Å². The van der Waals surface area contributed by atoms with Crippen molar-refractivity contribution in [2.24, 2.45) is 11.1 Å². The molecule has 1 saturated heterocycles. The molecule has 2 atom stereocenters. The molecule has 13 heavy (non-hydrogen) atoms. The van der Waals surface area contributed by atoms with Crippen molar-refractivity contribution in [1.82, 2.24) is 4.90 Å². The van der Waals surface area contributed by atoms with E-state index in [0.29, 0.717) is 18.9 Å². The van der Waals surface area contributed by atoms with Gasteiger partial charge >= 0.3 is 6.09 Å². The Kier molecular flexibility index (Phi) is 1.86. The lowest BCUT2D eigenvalue weighted by Crippen LogP contribution is -2.34. The maximum absolute atomic E-state index is 10.8. The Bertz CT molecular complexity index is 264. The number of fused-ring (bicyclic) bond motifs is 2. The van der Waals surface area contributed by atoms with Crippen LogP contribution in [0, 0.1) is 5.92 Å². The molecule has 0 spiro atoms. The molecule has 2 fully saturated rings. The summed E-state index contributed by atoms with van der Waals surface area (Å²) in [5.74, 6) is 0.362. The van der Waals surface area contributed by atoms with E-state index in [1.165, 1.54) is 4.90 Å². The Labute approximate surface area is 75.6 Å². The van der Waals surface area contributed by atoms with Crippen LogP contribution in [0.2, 0.25) is 0 Å². The zero-order chi connectivity index (χ0) is 9.42. The SMILES string of the molecule is O=C(O)N1CC2CC(=NO)CC1C2. The summed E-state index contributed by atoms with van der Waals surface area (Å²) in [6.07, 6.45) is 1.41. The van der Waals surface area contributed by atoms with Gasteiger partial charge in [-0.3, -0.25) is 0 Å². The second kappa shape index (κ2) is 2.90. The van der Waals surface area contributed by atoms with Crippen LogP contribution in [-0.4, -0.2) is 39.6 Å². The van der Waals surface area contributed by atoms with Crippen LogP contribution >= 0.6 is 0 Å². The van der Waals surface area contributed by atoms with E-state index in [9.17, 15) is 4.79 Å². The molecule has 1 saturated carbocycles. The predicted octanol–water partition coefficient (Wildman–Crippen LogP) is 0.979. The molecule has 2 unspecified atom stereocenters. The number of oxime groups is 1. The first-order chi connectivity index (χ1) is 6.20. The van der Waals surface area contributed by atoms with Crippen LogP contribution in [0.5, 0.6) is 0 Å². The van der Waals surface area contributed by atoms with Crippen LogP contribution in [0.4, 0.5) is 4.79 Å². The fourth-order valence-electron chi connectivity index (χ4n) is 2.36. The Morgan fingerprint density at radius 3 is 2.92 bits per heavy atom. The van der Waals surface area contributed by atoms with Gasteiger partial charge in [-0.05, 0) is 18.8 Å². The van der Waals surface area contributed by atoms with E-state index in [-0.39, 0.29) is 6.04 Å². The second-order valence-corrected chi connectivity index (χ2v) is 3.76. The number of hydrogen-bond donors (Lipinski definition) is 2. The zero-order valence-electron chi connectivity index (χ0n) is 7.18. The standard InChI is InChI=1S/C8H12N2O3/c11-8(12)10-4-5-1-6(9-13)3-7(10)2-5/h5,7,13H,1-4H2,(H,11,12). The monoisotopic (exact) mass is 184 g/mol. The van der Waals surface area contributed by atoms with Crippen LogP contribution in [0.3, 0.4) is 0 Å². The largest absolute Gasteiger partial charge is 0.465 e. The summed E-state index contributed by atoms with van der Waals surface area (Å²) >= 11 is 0. The Balaban J connectivity index is 2.13. The van der Waals surface area contributed by atoms with Crippen LogP contribution in [0.15, 0.2) is 5.16 Å². The minimum absolute atomic E-state index is 0.0437. The molecule has 5 heteroatoms. The summed E-state index contributed by atoms with van der Waals surface area (Å²) in [6.45, 7) is 0.596. The number of nitrogens with zero attached hydrogens (tertiary/aromatic N) is 2.